The first-order valence-electron chi connectivity index (χ1n) is 10.1. The minimum Gasteiger partial charge on any atom is -0.381 e. The van der Waals surface area contributed by atoms with Crippen molar-refractivity contribution in [2.45, 2.75) is 32.2 Å². The molecule has 1 amide bonds. The van der Waals surface area contributed by atoms with Crippen molar-refractivity contribution in [2.75, 3.05) is 13.2 Å². The first-order valence-corrected chi connectivity index (χ1v) is 11.3. The van der Waals surface area contributed by atoms with E-state index in [1.165, 1.54) is 4.88 Å². The van der Waals surface area contributed by atoms with Crippen LogP contribution in [0.5, 0.6) is 0 Å². The lowest BCUT2D eigenvalue weighted by molar-refractivity contribution is -0.120. The molecule has 30 heavy (non-hydrogen) atoms. The highest BCUT2D eigenvalue weighted by atomic mass is 35.5. The predicted octanol–water partition coefficient (Wildman–Crippen LogP) is 3.48. The fourth-order valence-corrected chi connectivity index (χ4v) is 5.04. The molecule has 0 unspecified atom stereocenters. The van der Waals surface area contributed by atoms with Gasteiger partial charge in [-0.2, -0.15) is 5.10 Å². The molecule has 8 heteroatoms. The fraction of sp³-hybridized carbons (Fsp3) is 0.409. The summed E-state index contributed by atoms with van der Waals surface area (Å²) < 4.78 is 7.16. The number of rotatable bonds is 6. The minimum absolute atomic E-state index is 0.0403. The molecule has 0 radical (unpaired) electrons. The van der Waals surface area contributed by atoms with Gasteiger partial charge >= 0.3 is 0 Å². The number of fused-ring (bicyclic) bond motifs is 1. The van der Waals surface area contributed by atoms with Crippen molar-refractivity contribution < 1.29 is 9.53 Å². The number of halogens is 1. The molecule has 1 aliphatic rings. The van der Waals surface area contributed by atoms with Crippen molar-refractivity contribution in [2.24, 2.45) is 13.0 Å². The molecule has 1 aliphatic heterocycles. The zero-order valence-electron chi connectivity index (χ0n) is 16.8. The maximum atomic E-state index is 12.9. The molecule has 0 aliphatic carbocycles. The normalized spacial score (nSPS) is 14.9. The number of hydrogen-bond acceptors (Lipinski definition) is 5. The summed E-state index contributed by atoms with van der Waals surface area (Å²) in [6.07, 6.45) is 3.03. The summed E-state index contributed by atoms with van der Waals surface area (Å²) >= 11 is 7.50. The highest BCUT2D eigenvalue weighted by molar-refractivity contribution is 7.18. The Morgan fingerprint density at radius 3 is 2.77 bits per heavy atom. The summed E-state index contributed by atoms with van der Waals surface area (Å²) in [6.45, 7) is 2.01. The molecule has 6 nitrogen and oxygen atoms in total. The van der Waals surface area contributed by atoms with Gasteiger partial charge < -0.3 is 10.1 Å². The molecular formula is C22H24ClN3O3S. The topological polar surface area (TPSA) is 73.2 Å². The second kappa shape index (κ2) is 9.29. The molecule has 3 aromatic rings. The third-order valence-electron chi connectivity index (χ3n) is 5.40. The van der Waals surface area contributed by atoms with Crippen LogP contribution in [0.4, 0.5) is 0 Å². The molecule has 4 rings (SSSR count). The molecule has 1 saturated heterocycles. The van der Waals surface area contributed by atoms with E-state index in [2.05, 4.69) is 10.4 Å². The summed E-state index contributed by atoms with van der Waals surface area (Å²) in [5.41, 5.74) is 1.06. The van der Waals surface area contributed by atoms with Gasteiger partial charge in [-0.15, -0.1) is 11.3 Å². The van der Waals surface area contributed by atoms with Crippen molar-refractivity contribution in [3.05, 3.63) is 61.7 Å². The Kier molecular flexibility index (Phi) is 6.51. The van der Waals surface area contributed by atoms with Crippen LogP contribution in [-0.4, -0.2) is 28.9 Å². The van der Waals surface area contributed by atoms with Crippen LogP contribution < -0.4 is 10.7 Å². The van der Waals surface area contributed by atoms with Crippen LogP contribution in [0.25, 0.3) is 10.2 Å². The van der Waals surface area contributed by atoms with Gasteiger partial charge in [0.1, 0.15) is 10.5 Å². The molecule has 0 bridgehead atoms. The number of ether oxygens (including phenoxy) is 1. The number of hydrogen-bond donors (Lipinski definition) is 1. The number of thiophene rings is 1. The Morgan fingerprint density at radius 2 is 2.03 bits per heavy atom. The van der Waals surface area contributed by atoms with Gasteiger partial charge in [0.25, 0.3) is 0 Å². The maximum Gasteiger partial charge on any atom is 0.226 e. The number of aryl methyl sites for hydroxylation is 1. The van der Waals surface area contributed by atoms with Crippen LogP contribution in [0.15, 0.2) is 35.1 Å². The third-order valence-corrected chi connectivity index (χ3v) is 6.87. The van der Waals surface area contributed by atoms with Crippen LogP contribution in [-0.2, 0) is 36.0 Å². The number of amides is 1. The van der Waals surface area contributed by atoms with Crippen molar-refractivity contribution >= 4 is 39.1 Å². The van der Waals surface area contributed by atoms with Crippen LogP contribution in [0.2, 0.25) is 5.02 Å². The van der Waals surface area contributed by atoms with E-state index in [4.69, 9.17) is 16.3 Å². The number of nitrogens with zero attached hydrogens (tertiary/aromatic N) is 2. The van der Waals surface area contributed by atoms with Gasteiger partial charge in [0.2, 0.25) is 11.3 Å². The van der Waals surface area contributed by atoms with E-state index in [0.717, 1.165) is 42.9 Å². The molecule has 0 saturated carbocycles. The van der Waals surface area contributed by atoms with E-state index in [9.17, 15) is 9.59 Å². The van der Waals surface area contributed by atoms with Crippen LogP contribution in [0.1, 0.15) is 29.0 Å². The van der Waals surface area contributed by atoms with Gasteiger partial charge in [-0.1, -0.05) is 23.7 Å². The molecule has 1 N–H and O–H groups in total. The molecule has 0 atom stereocenters. The SMILES string of the molecule is Cn1nc(CC(=O)NCc2ccc(Cl)cc2)c(=O)c2cc(CC3CCOCC3)sc21. The number of aromatic nitrogens is 2. The van der Waals surface area contributed by atoms with E-state index in [1.807, 2.05) is 25.2 Å². The predicted molar refractivity (Wildman–Crippen MR) is 119 cm³/mol. The Hall–Kier alpha value is -2.22. The van der Waals surface area contributed by atoms with E-state index >= 15 is 0 Å². The number of carbonyl (C=O) groups excluding carboxylic acids is 1. The van der Waals surface area contributed by atoms with Gasteiger partial charge in [0.05, 0.1) is 11.8 Å². The lowest BCUT2D eigenvalue weighted by Crippen LogP contribution is -2.28. The molecule has 158 valence electrons. The van der Waals surface area contributed by atoms with Crippen LogP contribution in [0.3, 0.4) is 0 Å². The van der Waals surface area contributed by atoms with Crippen molar-refractivity contribution in [3.8, 4) is 0 Å². The van der Waals surface area contributed by atoms with Gasteiger partial charge in [-0.3, -0.25) is 14.3 Å². The van der Waals surface area contributed by atoms with E-state index < -0.39 is 0 Å². The average Bonchev–Trinajstić information content (AvgIpc) is 3.17. The number of carbonyl (C=O) groups is 1. The Bertz CT molecular complexity index is 1100. The summed E-state index contributed by atoms with van der Waals surface area (Å²) in [6, 6.07) is 9.26. The minimum atomic E-state index is -0.230. The average molecular weight is 446 g/mol. The highest BCUT2D eigenvalue weighted by Crippen LogP contribution is 2.28. The molecule has 1 aromatic carbocycles. The van der Waals surface area contributed by atoms with Crippen LogP contribution in [0, 0.1) is 5.92 Å². The molecule has 3 heterocycles. The summed E-state index contributed by atoms with van der Waals surface area (Å²) in [5, 5.41) is 8.53. The summed E-state index contributed by atoms with van der Waals surface area (Å²) in [7, 11) is 1.83. The molecule has 1 fully saturated rings. The van der Waals surface area contributed by atoms with E-state index in [1.54, 1.807) is 28.2 Å². The standard InChI is InChI=1S/C22H24ClN3O3S/c1-26-22-18(11-17(30-22)10-14-6-8-29-9-7-14)21(28)19(25-26)12-20(27)24-13-15-2-4-16(23)5-3-15/h2-5,11,14H,6-10,12-13H2,1H3,(H,24,27). The lowest BCUT2D eigenvalue weighted by Gasteiger charge is -2.21. The maximum absolute atomic E-state index is 12.9. The largest absolute Gasteiger partial charge is 0.381 e. The first kappa shape index (κ1) is 21.0. The van der Waals surface area contributed by atoms with E-state index in [-0.39, 0.29) is 23.5 Å². The van der Waals surface area contributed by atoms with Crippen LogP contribution >= 0.6 is 22.9 Å². The quantitative estimate of drug-likeness (QED) is 0.630. The lowest BCUT2D eigenvalue weighted by atomic mass is 9.96. The number of nitrogens with one attached hydrogen (secondary N) is 1. The molecule has 0 spiro atoms. The second-order valence-electron chi connectivity index (χ2n) is 7.67. The Labute approximate surface area is 183 Å². The Balaban J connectivity index is 1.47. The van der Waals surface area contributed by atoms with Crippen molar-refractivity contribution in [3.63, 3.8) is 0 Å². The van der Waals surface area contributed by atoms with Gasteiger partial charge in [0.15, 0.2) is 0 Å². The summed E-state index contributed by atoms with van der Waals surface area (Å²) in [4.78, 5) is 27.4. The second-order valence-corrected chi connectivity index (χ2v) is 9.22. The van der Waals surface area contributed by atoms with E-state index in [0.29, 0.717) is 22.9 Å². The zero-order valence-corrected chi connectivity index (χ0v) is 18.4. The molecule has 2 aromatic heterocycles. The smallest absolute Gasteiger partial charge is 0.226 e. The summed E-state index contributed by atoms with van der Waals surface area (Å²) in [5.74, 6) is 0.366. The Morgan fingerprint density at radius 1 is 1.30 bits per heavy atom. The third kappa shape index (κ3) is 4.91. The molecular weight excluding hydrogens is 422 g/mol. The van der Waals surface area contributed by atoms with Gasteiger partial charge in [-0.25, -0.2) is 0 Å². The van der Waals surface area contributed by atoms with Crippen molar-refractivity contribution in [1.82, 2.24) is 15.1 Å². The zero-order chi connectivity index (χ0) is 21.1. The van der Waals surface area contributed by atoms with Crippen molar-refractivity contribution in [1.29, 1.82) is 0 Å². The van der Waals surface area contributed by atoms with Gasteiger partial charge in [-0.05, 0) is 48.9 Å². The van der Waals surface area contributed by atoms with Gasteiger partial charge in [0, 0.05) is 36.7 Å². The number of benzene rings is 1. The monoisotopic (exact) mass is 445 g/mol. The highest BCUT2D eigenvalue weighted by Gasteiger charge is 2.19. The first-order chi connectivity index (χ1) is 14.5. The fourth-order valence-electron chi connectivity index (χ4n) is 3.73.